The zero-order chi connectivity index (χ0) is 23.4. The number of benzene rings is 1. The van der Waals surface area contributed by atoms with Gasteiger partial charge in [0, 0.05) is 6.08 Å². The van der Waals surface area contributed by atoms with Gasteiger partial charge in [-0.3, -0.25) is 0 Å². The van der Waals surface area contributed by atoms with Crippen molar-refractivity contribution in [3.8, 4) is 5.75 Å². The quantitative estimate of drug-likeness (QED) is 0.184. The highest BCUT2D eigenvalue weighted by Gasteiger charge is 2.19. The second-order valence-electron chi connectivity index (χ2n) is 9.37. The largest absolute Gasteiger partial charge is 0.493 e. The molecule has 174 valence electrons. The van der Waals surface area contributed by atoms with E-state index in [2.05, 4.69) is 59.8 Å². The van der Waals surface area contributed by atoms with Gasteiger partial charge >= 0.3 is 5.97 Å². The smallest absolute Gasteiger partial charge is 0.328 e. The fourth-order valence-electron chi connectivity index (χ4n) is 3.70. The zero-order valence-electron chi connectivity index (χ0n) is 20.8. The van der Waals surface area contributed by atoms with Gasteiger partial charge in [-0.25, -0.2) is 4.79 Å². The molecule has 0 radical (unpaired) electrons. The van der Waals surface area contributed by atoms with E-state index in [1.807, 2.05) is 13.0 Å². The summed E-state index contributed by atoms with van der Waals surface area (Å²) in [6.45, 7) is 16.0. The van der Waals surface area contributed by atoms with Gasteiger partial charge in [0.15, 0.2) is 0 Å². The van der Waals surface area contributed by atoms with Crippen molar-refractivity contribution >= 4 is 5.97 Å². The van der Waals surface area contributed by atoms with E-state index in [1.54, 1.807) is 0 Å². The van der Waals surface area contributed by atoms with Gasteiger partial charge in [0.25, 0.3) is 0 Å². The van der Waals surface area contributed by atoms with E-state index in [4.69, 9.17) is 9.84 Å². The van der Waals surface area contributed by atoms with Crippen LogP contribution in [0.2, 0.25) is 0 Å². The molecule has 0 heterocycles. The molecule has 1 aromatic rings. The number of carbonyl (C=O) groups is 1. The first-order valence-corrected chi connectivity index (χ1v) is 12.1. The SMILES string of the molecule is CCCCCCCOc1c(C(C)C)cc(C(C)C)cc1C(C)C/C=C/C(C)=C/C(=O)O. The van der Waals surface area contributed by atoms with Crippen molar-refractivity contribution in [3.05, 3.63) is 52.6 Å². The molecule has 0 aliphatic heterocycles. The van der Waals surface area contributed by atoms with Gasteiger partial charge in [-0.2, -0.15) is 0 Å². The molecule has 0 bridgehead atoms. The number of allylic oxidation sites excluding steroid dienone is 3. The van der Waals surface area contributed by atoms with Gasteiger partial charge in [0.2, 0.25) is 0 Å². The number of unbranched alkanes of at least 4 members (excludes halogenated alkanes) is 4. The summed E-state index contributed by atoms with van der Waals surface area (Å²) in [5, 5.41) is 8.90. The van der Waals surface area contributed by atoms with Crippen LogP contribution in [0.5, 0.6) is 5.75 Å². The van der Waals surface area contributed by atoms with E-state index < -0.39 is 5.97 Å². The third-order valence-corrected chi connectivity index (χ3v) is 5.70. The molecule has 1 unspecified atom stereocenters. The van der Waals surface area contributed by atoms with Crippen LogP contribution in [-0.2, 0) is 4.79 Å². The van der Waals surface area contributed by atoms with Crippen LogP contribution >= 0.6 is 0 Å². The number of hydrogen-bond donors (Lipinski definition) is 1. The average Bonchev–Trinajstić information content (AvgIpc) is 2.69. The molecule has 0 fully saturated rings. The molecule has 0 amide bonds. The zero-order valence-corrected chi connectivity index (χ0v) is 20.8. The van der Waals surface area contributed by atoms with E-state index in [0.717, 1.165) is 30.8 Å². The van der Waals surface area contributed by atoms with E-state index in [1.165, 1.54) is 48.4 Å². The van der Waals surface area contributed by atoms with Crippen LogP contribution in [0.4, 0.5) is 0 Å². The Hall–Kier alpha value is -2.03. The number of aliphatic carboxylic acids is 1. The van der Waals surface area contributed by atoms with Crippen LogP contribution < -0.4 is 4.74 Å². The second kappa shape index (κ2) is 14.1. The lowest BCUT2D eigenvalue weighted by molar-refractivity contribution is -0.131. The Morgan fingerprint density at radius 3 is 2.23 bits per heavy atom. The number of carboxylic acids is 1. The summed E-state index contributed by atoms with van der Waals surface area (Å²) in [7, 11) is 0. The fraction of sp³-hybridized carbons (Fsp3) is 0.607. The molecule has 1 aromatic carbocycles. The van der Waals surface area contributed by atoms with Gasteiger partial charge in [-0.15, -0.1) is 0 Å². The highest BCUT2D eigenvalue weighted by molar-refractivity contribution is 5.81. The average molecular weight is 429 g/mol. The summed E-state index contributed by atoms with van der Waals surface area (Å²) in [6, 6.07) is 4.65. The fourth-order valence-corrected chi connectivity index (χ4v) is 3.70. The maximum atomic E-state index is 10.8. The van der Waals surface area contributed by atoms with Gasteiger partial charge in [-0.05, 0) is 59.8 Å². The molecule has 3 heteroatoms. The number of carboxylic acid groups (broad SMARTS) is 1. The molecule has 1 N–H and O–H groups in total. The first-order valence-electron chi connectivity index (χ1n) is 12.1. The molecular weight excluding hydrogens is 384 g/mol. The standard InChI is InChI=1S/C28H44O3/c1-8-9-10-11-12-16-31-28-25(21(4)5)18-24(20(2)3)19-26(28)23(7)15-13-14-22(6)17-27(29)30/h13-14,17-21,23H,8-12,15-16H2,1-7H3,(H,29,30)/b14-13+,22-17+. The lowest BCUT2D eigenvalue weighted by Crippen LogP contribution is -2.08. The molecule has 31 heavy (non-hydrogen) atoms. The topological polar surface area (TPSA) is 46.5 Å². The van der Waals surface area contributed by atoms with Crippen LogP contribution in [0.3, 0.4) is 0 Å². The second-order valence-corrected chi connectivity index (χ2v) is 9.37. The minimum Gasteiger partial charge on any atom is -0.493 e. The molecule has 3 nitrogen and oxygen atoms in total. The predicted molar refractivity (Wildman–Crippen MR) is 132 cm³/mol. The molecular formula is C28H44O3. The van der Waals surface area contributed by atoms with Crippen molar-refractivity contribution in [1.82, 2.24) is 0 Å². The van der Waals surface area contributed by atoms with Gasteiger partial charge in [0.1, 0.15) is 5.75 Å². The Morgan fingerprint density at radius 1 is 1.00 bits per heavy atom. The van der Waals surface area contributed by atoms with Gasteiger partial charge in [0.05, 0.1) is 6.61 Å². The monoisotopic (exact) mass is 428 g/mol. The Bertz CT molecular complexity index is 741. The van der Waals surface area contributed by atoms with E-state index in [0.29, 0.717) is 17.8 Å². The molecule has 0 aliphatic carbocycles. The minimum absolute atomic E-state index is 0.292. The van der Waals surface area contributed by atoms with Gasteiger partial charge in [-0.1, -0.05) is 91.5 Å². The number of rotatable bonds is 14. The van der Waals surface area contributed by atoms with Crippen molar-refractivity contribution in [3.63, 3.8) is 0 Å². The van der Waals surface area contributed by atoms with Crippen molar-refractivity contribution in [2.45, 2.75) is 105 Å². The first kappa shape index (κ1) is 27.0. The number of hydrogen-bond acceptors (Lipinski definition) is 2. The van der Waals surface area contributed by atoms with E-state index in [9.17, 15) is 4.79 Å². The summed E-state index contributed by atoms with van der Waals surface area (Å²) in [5.41, 5.74) is 4.68. The summed E-state index contributed by atoms with van der Waals surface area (Å²) in [6.07, 6.45) is 12.2. The third-order valence-electron chi connectivity index (χ3n) is 5.70. The van der Waals surface area contributed by atoms with Crippen LogP contribution in [0.25, 0.3) is 0 Å². The van der Waals surface area contributed by atoms with Crippen molar-refractivity contribution < 1.29 is 14.6 Å². The van der Waals surface area contributed by atoms with Crippen molar-refractivity contribution in [2.24, 2.45) is 0 Å². The van der Waals surface area contributed by atoms with Crippen molar-refractivity contribution in [1.29, 1.82) is 0 Å². The summed E-state index contributed by atoms with van der Waals surface area (Å²) >= 11 is 0. The molecule has 0 spiro atoms. The Balaban J connectivity index is 3.12. The molecule has 1 rings (SSSR count). The lowest BCUT2D eigenvalue weighted by Gasteiger charge is -2.24. The normalized spacial score (nSPS) is 13.4. The highest BCUT2D eigenvalue weighted by Crippen LogP contribution is 2.39. The third kappa shape index (κ3) is 9.76. The summed E-state index contributed by atoms with van der Waals surface area (Å²) in [4.78, 5) is 10.8. The van der Waals surface area contributed by atoms with Gasteiger partial charge < -0.3 is 9.84 Å². The Morgan fingerprint density at radius 2 is 1.65 bits per heavy atom. The molecule has 1 atom stereocenters. The van der Waals surface area contributed by atoms with Crippen molar-refractivity contribution in [2.75, 3.05) is 6.61 Å². The molecule has 0 saturated heterocycles. The lowest BCUT2D eigenvalue weighted by atomic mass is 9.86. The summed E-state index contributed by atoms with van der Waals surface area (Å²) < 4.78 is 6.43. The first-order chi connectivity index (χ1) is 14.7. The molecule has 0 aliphatic rings. The minimum atomic E-state index is -0.906. The van der Waals surface area contributed by atoms with Crippen LogP contribution in [-0.4, -0.2) is 17.7 Å². The highest BCUT2D eigenvalue weighted by atomic mass is 16.5. The Labute approximate surface area is 190 Å². The summed E-state index contributed by atoms with van der Waals surface area (Å²) in [5.74, 6) is 1.31. The molecule has 0 aromatic heterocycles. The Kier molecular flexibility index (Phi) is 12.3. The van der Waals surface area contributed by atoms with E-state index in [-0.39, 0.29) is 0 Å². The van der Waals surface area contributed by atoms with Crippen LogP contribution in [0.1, 0.15) is 121 Å². The predicted octanol–water partition coefficient (Wildman–Crippen LogP) is 8.36. The maximum Gasteiger partial charge on any atom is 0.328 e. The van der Waals surface area contributed by atoms with Crippen LogP contribution in [0, 0.1) is 0 Å². The van der Waals surface area contributed by atoms with Crippen LogP contribution in [0.15, 0.2) is 35.9 Å². The maximum absolute atomic E-state index is 10.8. The number of ether oxygens (including phenoxy) is 1. The molecule has 0 saturated carbocycles. The van der Waals surface area contributed by atoms with E-state index >= 15 is 0 Å².